The zero-order chi connectivity index (χ0) is 18.9. The smallest absolute Gasteiger partial charge is 0.270 e. The molecule has 3 heterocycles. The zero-order valence-electron chi connectivity index (χ0n) is 14.5. The molecule has 1 saturated heterocycles. The first-order valence-corrected chi connectivity index (χ1v) is 10.4. The van der Waals surface area contributed by atoms with E-state index in [-0.39, 0.29) is 30.2 Å². The quantitative estimate of drug-likeness (QED) is 0.795. The number of carbonyl (C=O) groups excluding carboxylic acids is 1. The molecule has 0 radical (unpaired) electrons. The summed E-state index contributed by atoms with van der Waals surface area (Å²) in [5.41, 5.74) is 1.89. The van der Waals surface area contributed by atoms with Crippen molar-refractivity contribution in [1.82, 2.24) is 10.3 Å². The van der Waals surface area contributed by atoms with Crippen LogP contribution in [-0.2, 0) is 16.4 Å². The maximum absolute atomic E-state index is 12.3. The van der Waals surface area contributed by atoms with Crippen molar-refractivity contribution in [3.63, 3.8) is 0 Å². The van der Waals surface area contributed by atoms with Crippen molar-refractivity contribution >= 4 is 21.4 Å². The van der Waals surface area contributed by atoms with Crippen LogP contribution in [0.15, 0.2) is 36.5 Å². The number of hydrogen-bond acceptors (Lipinski definition) is 7. The van der Waals surface area contributed by atoms with E-state index in [1.54, 1.807) is 18.3 Å². The highest BCUT2D eigenvalue weighted by Gasteiger charge is 2.27. The fourth-order valence-electron chi connectivity index (χ4n) is 3.08. The van der Waals surface area contributed by atoms with Crippen LogP contribution < -0.4 is 20.1 Å². The van der Waals surface area contributed by atoms with Crippen molar-refractivity contribution in [3.8, 4) is 11.5 Å². The summed E-state index contributed by atoms with van der Waals surface area (Å²) in [7, 11) is -2.94. The molecule has 2 aliphatic heterocycles. The predicted molar refractivity (Wildman–Crippen MR) is 98.7 cm³/mol. The fraction of sp³-hybridized carbons (Fsp3) is 0.333. The lowest BCUT2D eigenvalue weighted by molar-refractivity contribution is 0.0946. The highest BCUT2D eigenvalue weighted by Crippen LogP contribution is 2.32. The van der Waals surface area contributed by atoms with Gasteiger partial charge in [0.15, 0.2) is 21.3 Å². The molecule has 1 aromatic heterocycles. The fourth-order valence-corrected chi connectivity index (χ4v) is 4.76. The summed E-state index contributed by atoms with van der Waals surface area (Å²) in [6, 6.07) is 8.74. The first-order valence-electron chi connectivity index (χ1n) is 8.58. The van der Waals surface area contributed by atoms with Crippen LogP contribution >= 0.6 is 0 Å². The summed E-state index contributed by atoms with van der Waals surface area (Å²) >= 11 is 0. The van der Waals surface area contributed by atoms with E-state index in [1.165, 1.54) is 0 Å². The van der Waals surface area contributed by atoms with Gasteiger partial charge in [-0.05, 0) is 36.2 Å². The van der Waals surface area contributed by atoms with Gasteiger partial charge in [0.1, 0.15) is 5.69 Å². The Morgan fingerprint density at radius 3 is 2.78 bits per heavy atom. The molecule has 1 amide bonds. The van der Waals surface area contributed by atoms with Gasteiger partial charge >= 0.3 is 0 Å². The highest BCUT2D eigenvalue weighted by atomic mass is 32.2. The molecule has 4 rings (SSSR count). The Bertz CT molecular complexity index is 959. The molecular formula is C18H19N3O5S. The number of benzene rings is 1. The third kappa shape index (κ3) is 4.13. The first kappa shape index (κ1) is 17.6. The van der Waals surface area contributed by atoms with E-state index >= 15 is 0 Å². The molecule has 2 N–H and O–H groups in total. The average Bonchev–Trinajstić information content (AvgIpc) is 3.25. The molecule has 0 bridgehead atoms. The molecule has 1 aromatic carbocycles. The number of sulfone groups is 1. The molecule has 0 aliphatic carbocycles. The van der Waals surface area contributed by atoms with Crippen LogP contribution in [-0.4, -0.2) is 43.6 Å². The van der Waals surface area contributed by atoms with Gasteiger partial charge in [-0.15, -0.1) is 0 Å². The van der Waals surface area contributed by atoms with Crippen molar-refractivity contribution in [3.05, 3.63) is 47.8 Å². The van der Waals surface area contributed by atoms with E-state index in [9.17, 15) is 13.2 Å². The van der Waals surface area contributed by atoms with Crippen molar-refractivity contribution in [1.29, 1.82) is 0 Å². The van der Waals surface area contributed by atoms with Gasteiger partial charge in [0.25, 0.3) is 5.91 Å². The molecule has 1 atom stereocenters. The number of anilines is 1. The van der Waals surface area contributed by atoms with Crippen LogP contribution in [0.25, 0.3) is 0 Å². The maximum Gasteiger partial charge on any atom is 0.270 e. The summed E-state index contributed by atoms with van der Waals surface area (Å²) in [5.74, 6) is 1.42. The summed E-state index contributed by atoms with van der Waals surface area (Å²) in [4.78, 5) is 16.4. The van der Waals surface area contributed by atoms with E-state index in [0.717, 1.165) is 5.56 Å². The summed E-state index contributed by atoms with van der Waals surface area (Å²) in [6.45, 7) is 0.555. The molecule has 2 aromatic rings. The number of carbonyl (C=O) groups is 1. The van der Waals surface area contributed by atoms with E-state index in [2.05, 4.69) is 15.6 Å². The summed E-state index contributed by atoms with van der Waals surface area (Å²) in [5, 5.41) is 5.96. The number of nitrogens with zero attached hydrogens (tertiary/aromatic N) is 1. The summed E-state index contributed by atoms with van der Waals surface area (Å²) < 4.78 is 33.6. The third-order valence-electron chi connectivity index (χ3n) is 4.49. The molecule has 27 heavy (non-hydrogen) atoms. The van der Waals surface area contributed by atoms with Crippen molar-refractivity contribution in [2.24, 2.45) is 0 Å². The second-order valence-electron chi connectivity index (χ2n) is 6.55. The molecule has 142 valence electrons. The highest BCUT2D eigenvalue weighted by molar-refractivity contribution is 7.91. The van der Waals surface area contributed by atoms with Crippen molar-refractivity contribution < 1.29 is 22.7 Å². The number of nitrogens with one attached hydrogen (secondary N) is 2. The van der Waals surface area contributed by atoms with E-state index < -0.39 is 9.84 Å². The van der Waals surface area contributed by atoms with Crippen LogP contribution in [0, 0.1) is 0 Å². The monoisotopic (exact) mass is 389 g/mol. The van der Waals surface area contributed by atoms with Crippen LogP contribution in [0.2, 0.25) is 0 Å². The Kier molecular flexibility index (Phi) is 4.61. The normalized spacial score (nSPS) is 19.6. The molecular weight excluding hydrogens is 370 g/mol. The van der Waals surface area contributed by atoms with E-state index in [4.69, 9.17) is 9.47 Å². The standard InChI is InChI=1S/C18H19N3O5S/c22-18(20-8-12-1-4-16-17(7-12)26-11-25-16)15-3-2-13(9-19-15)21-14-5-6-27(23,24)10-14/h1-4,7,9,14,21H,5-6,8,10-11H2,(H,20,22). The number of hydrogen-bond donors (Lipinski definition) is 2. The lowest BCUT2D eigenvalue weighted by atomic mass is 10.2. The first-order chi connectivity index (χ1) is 13.0. The summed E-state index contributed by atoms with van der Waals surface area (Å²) in [6.07, 6.45) is 2.13. The topological polar surface area (TPSA) is 107 Å². The van der Waals surface area contributed by atoms with Crippen LogP contribution in [0.3, 0.4) is 0 Å². The number of fused-ring (bicyclic) bond motifs is 1. The van der Waals surface area contributed by atoms with E-state index in [1.807, 2.05) is 18.2 Å². The molecule has 9 heteroatoms. The van der Waals surface area contributed by atoms with Gasteiger partial charge in [0, 0.05) is 12.6 Å². The van der Waals surface area contributed by atoms with Gasteiger partial charge < -0.3 is 20.1 Å². The average molecular weight is 389 g/mol. The Morgan fingerprint density at radius 2 is 2.04 bits per heavy atom. The van der Waals surface area contributed by atoms with Gasteiger partial charge in [-0.1, -0.05) is 6.07 Å². The third-order valence-corrected chi connectivity index (χ3v) is 6.26. The molecule has 1 unspecified atom stereocenters. The van der Waals surface area contributed by atoms with Gasteiger partial charge in [-0.2, -0.15) is 0 Å². The number of ether oxygens (including phenoxy) is 2. The Morgan fingerprint density at radius 1 is 1.19 bits per heavy atom. The van der Waals surface area contributed by atoms with Crippen molar-refractivity contribution in [2.75, 3.05) is 23.6 Å². The molecule has 8 nitrogen and oxygen atoms in total. The van der Waals surface area contributed by atoms with Gasteiger partial charge in [0.05, 0.1) is 23.4 Å². The lowest BCUT2D eigenvalue weighted by Crippen LogP contribution is -2.24. The second kappa shape index (κ2) is 7.07. The minimum atomic E-state index is -2.94. The predicted octanol–water partition coefficient (Wildman–Crippen LogP) is 1.34. The van der Waals surface area contributed by atoms with Gasteiger partial charge in [0.2, 0.25) is 6.79 Å². The van der Waals surface area contributed by atoms with Crippen molar-refractivity contribution in [2.45, 2.75) is 19.0 Å². The number of rotatable bonds is 5. The maximum atomic E-state index is 12.3. The lowest BCUT2D eigenvalue weighted by Gasteiger charge is -2.12. The number of aromatic nitrogens is 1. The molecule has 0 spiro atoms. The molecule has 0 saturated carbocycles. The Labute approximate surface area is 156 Å². The number of amides is 1. The van der Waals surface area contributed by atoms with E-state index in [0.29, 0.717) is 35.8 Å². The minimum Gasteiger partial charge on any atom is -0.454 e. The van der Waals surface area contributed by atoms with Gasteiger partial charge in [-0.25, -0.2) is 13.4 Å². The second-order valence-corrected chi connectivity index (χ2v) is 8.78. The molecule has 1 fully saturated rings. The Hall–Kier alpha value is -2.81. The largest absolute Gasteiger partial charge is 0.454 e. The van der Waals surface area contributed by atoms with Crippen LogP contribution in [0.1, 0.15) is 22.5 Å². The molecule has 2 aliphatic rings. The SMILES string of the molecule is O=C(NCc1ccc2c(c1)OCO2)c1ccc(NC2CCS(=O)(=O)C2)cn1. The Balaban J connectivity index is 1.32. The zero-order valence-corrected chi connectivity index (χ0v) is 15.3. The minimum absolute atomic E-state index is 0.109. The van der Waals surface area contributed by atoms with Crippen LogP contribution in [0.4, 0.5) is 5.69 Å². The van der Waals surface area contributed by atoms with Gasteiger partial charge in [-0.3, -0.25) is 4.79 Å². The number of pyridine rings is 1. The van der Waals surface area contributed by atoms with Crippen LogP contribution in [0.5, 0.6) is 11.5 Å².